The number of nitrogens with two attached hydrogens (primary N) is 1. The Morgan fingerprint density at radius 1 is 0.952 bits per heavy atom. The minimum Gasteiger partial charge on any atom is -0.369 e. The molecule has 3 nitrogen and oxygen atoms in total. The molecule has 1 aromatic heterocycles. The molecule has 3 aromatic rings. The van der Waals surface area contributed by atoms with Gasteiger partial charge in [-0.2, -0.15) is 0 Å². The molecule has 0 bridgehead atoms. The van der Waals surface area contributed by atoms with Crippen molar-refractivity contribution in [3.63, 3.8) is 0 Å². The highest BCUT2D eigenvalue weighted by atomic mass is 35.5. The summed E-state index contributed by atoms with van der Waals surface area (Å²) in [7, 11) is 0. The minimum atomic E-state index is -0.639. The van der Waals surface area contributed by atoms with Crippen LogP contribution in [-0.2, 0) is 0 Å². The molecule has 21 heavy (non-hydrogen) atoms. The van der Waals surface area contributed by atoms with Crippen molar-refractivity contribution in [3.8, 4) is 5.69 Å². The number of hydrogen-bond acceptors (Lipinski definition) is 2. The lowest BCUT2D eigenvalue weighted by molar-refractivity contribution is 0.627. The number of aromatic nitrogens is 2. The molecule has 0 unspecified atom stereocenters. The summed E-state index contributed by atoms with van der Waals surface area (Å²) < 4.78 is 28.3. The van der Waals surface area contributed by atoms with Crippen molar-refractivity contribution >= 4 is 51.8 Å². The maximum absolute atomic E-state index is 13.7. The number of halogens is 5. The van der Waals surface area contributed by atoms with Crippen LogP contribution in [0.25, 0.3) is 16.7 Å². The normalized spacial score (nSPS) is 11.3. The Kier molecular flexibility index (Phi) is 3.43. The van der Waals surface area contributed by atoms with Gasteiger partial charge in [-0.3, -0.25) is 4.57 Å². The van der Waals surface area contributed by atoms with Crippen molar-refractivity contribution in [2.75, 3.05) is 5.73 Å². The van der Waals surface area contributed by atoms with Gasteiger partial charge in [-0.25, -0.2) is 13.8 Å². The molecule has 0 amide bonds. The van der Waals surface area contributed by atoms with Crippen LogP contribution in [0.3, 0.4) is 0 Å². The number of hydrogen-bond donors (Lipinski definition) is 1. The molecule has 108 valence electrons. The van der Waals surface area contributed by atoms with E-state index >= 15 is 0 Å². The number of nitrogens with zero attached hydrogens (tertiary/aromatic N) is 2. The molecule has 0 aliphatic rings. The lowest BCUT2D eigenvalue weighted by Crippen LogP contribution is -2.02. The van der Waals surface area contributed by atoms with Gasteiger partial charge in [0.2, 0.25) is 5.95 Å². The Morgan fingerprint density at radius 2 is 1.57 bits per heavy atom. The van der Waals surface area contributed by atoms with E-state index in [0.29, 0.717) is 11.0 Å². The first-order valence-electron chi connectivity index (χ1n) is 5.66. The Bertz CT molecular complexity index is 854. The van der Waals surface area contributed by atoms with Gasteiger partial charge in [0.15, 0.2) is 0 Å². The van der Waals surface area contributed by atoms with Crippen LogP contribution in [0.4, 0.5) is 14.7 Å². The molecule has 0 aliphatic carbocycles. The van der Waals surface area contributed by atoms with Gasteiger partial charge in [-0.15, -0.1) is 0 Å². The number of anilines is 1. The SMILES string of the molecule is Nc1nc2cc(Cl)c(F)cc2n1-c1c(Cl)cc(F)cc1Cl. The van der Waals surface area contributed by atoms with Gasteiger partial charge >= 0.3 is 0 Å². The molecule has 0 spiro atoms. The average molecular weight is 349 g/mol. The van der Waals surface area contributed by atoms with E-state index in [9.17, 15) is 8.78 Å². The number of rotatable bonds is 1. The molecule has 0 radical (unpaired) electrons. The molecule has 8 heteroatoms. The third kappa shape index (κ3) is 2.31. The summed E-state index contributed by atoms with van der Waals surface area (Å²) in [6, 6.07) is 4.67. The summed E-state index contributed by atoms with van der Waals surface area (Å²) in [6.07, 6.45) is 0. The van der Waals surface area contributed by atoms with Crippen LogP contribution in [0.15, 0.2) is 24.3 Å². The highest BCUT2D eigenvalue weighted by Crippen LogP contribution is 2.35. The Hall–Kier alpha value is -1.56. The fraction of sp³-hybridized carbons (Fsp3) is 0. The van der Waals surface area contributed by atoms with E-state index in [0.717, 1.165) is 18.2 Å². The number of nitrogen functional groups attached to an aromatic ring is 1. The topological polar surface area (TPSA) is 43.8 Å². The summed E-state index contributed by atoms with van der Waals surface area (Å²) in [6.45, 7) is 0. The van der Waals surface area contributed by atoms with Crippen molar-refractivity contribution in [1.29, 1.82) is 0 Å². The fourth-order valence-electron chi connectivity index (χ4n) is 2.07. The molecule has 0 atom stereocenters. The second kappa shape index (κ2) is 5.02. The summed E-state index contributed by atoms with van der Waals surface area (Å²) in [5.41, 5.74) is 6.75. The number of benzene rings is 2. The maximum Gasteiger partial charge on any atom is 0.206 e. The van der Waals surface area contributed by atoms with Crippen LogP contribution < -0.4 is 5.73 Å². The quantitative estimate of drug-likeness (QED) is 0.683. The van der Waals surface area contributed by atoms with E-state index in [1.165, 1.54) is 10.6 Å². The lowest BCUT2D eigenvalue weighted by Gasteiger charge is -2.11. The predicted octanol–water partition coefficient (Wildman–Crippen LogP) is 4.85. The maximum atomic E-state index is 13.7. The number of imidazole rings is 1. The fourth-order valence-corrected chi connectivity index (χ4v) is 2.86. The van der Waals surface area contributed by atoms with Crippen molar-refractivity contribution < 1.29 is 8.78 Å². The van der Waals surface area contributed by atoms with Gasteiger partial charge in [0.1, 0.15) is 11.6 Å². The van der Waals surface area contributed by atoms with E-state index in [-0.39, 0.29) is 26.7 Å². The van der Waals surface area contributed by atoms with Crippen molar-refractivity contribution in [3.05, 3.63) is 51.0 Å². The van der Waals surface area contributed by atoms with Crippen LogP contribution in [0.5, 0.6) is 0 Å². The second-order valence-corrected chi connectivity index (χ2v) is 5.50. The van der Waals surface area contributed by atoms with E-state index < -0.39 is 11.6 Å². The second-order valence-electron chi connectivity index (χ2n) is 4.28. The van der Waals surface area contributed by atoms with Crippen LogP contribution in [0, 0.1) is 11.6 Å². The molecule has 0 fully saturated rings. The molecule has 3 rings (SSSR count). The van der Waals surface area contributed by atoms with Gasteiger partial charge in [-0.05, 0) is 18.2 Å². The van der Waals surface area contributed by atoms with Gasteiger partial charge in [0, 0.05) is 6.07 Å². The summed E-state index contributed by atoms with van der Waals surface area (Å²) >= 11 is 17.8. The lowest BCUT2D eigenvalue weighted by atomic mass is 10.2. The molecule has 1 heterocycles. The Balaban J connectivity index is 2.41. The number of fused-ring (bicyclic) bond motifs is 1. The van der Waals surface area contributed by atoms with Crippen LogP contribution in [0.1, 0.15) is 0 Å². The van der Waals surface area contributed by atoms with E-state index in [2.05, 4.69) is 4.98 Å². The zero-order valence-corrected chi connectivity index (χ0v) is 12.4. The smallest absolute Gasteiger partial charge is 0.206 e. The monoisotopic (exact) mass is 347 g/mol. The first-order valence-corrected chi connectivity index (χ1v) is 6.79. The summed E-state index contributed by atoms with van der Waals surface area (Å²) in [5.74, 6) is -1.20. The Morgan fingerprint density at radius 3 is 2.19 bits per heavy atom. The Labute approximate surface area is 132 Å². The zero-order valence-electron chi connectivity index (χ0n) is 10.2. The summed E-state index contributed by atoms with van der Waals surface area (Å²) in [5, 5.41) is -0.0221. The first-order chi connectivity index (χ1) is 9.88. The highest BCUT2D eigenvalue weighted by molar-refractivity contribution is 6.38. The average Bonchev–Trinajstić information content (AvgIpc) is 2.66. The van der Waals surface area contributed by atoms with Crippen LogP contribution in [0.2, 0.25) is 15.1 Å². The molecule has 2 N–H and O–H groups in total. The van der Waals surface area contributed by atoms with Gasteiger partial charge in [-0.1, -0.05) is 34.8 Å². The molecule has 0 saturated carbocycles. The van der Waals surface area contributed by atoms with Crippen molar-refractivity contribution in [2.45, 2.75) is 0 Å². The van der Waals surface area contributed by atoms with E-state index in [1.807, 2.05) is 0 Å². The third-order valence-corrected chi connectivity index (χ3v) is 3.79. The van der Waals surface area contributed by atoms with Gasteiger partial charge in [0.05, 0.1) is 31.8 Å². The van der Waals surface area contributed by atoms with Crippen molar-refractivity contribution in [2.24, 2.45) is 0 Å². The standard InChI is InChI=1S/C13H6Cl3F2N3/c14-6-3-10-11(4-9(6)18)21(13(19)20-10)12-7(15)1-5(17)2-8(12)16/h1-4H,(H2,19,20). The summed E-state index contributed by atoms with van der Waals surface area (Å²) in [4.78, 5) is 4.07. The molecule has 2 aromatic carbocycles. The van der Waals surface area contributed by atoms with E-state index in [1.54, 1.807) is 0 Å². The largest absolute Gasteiger partial charge is 0.369 e. The first kappa shape index (κ1) is 14.4. The molecular formula is C13H6Cl3F2N3. The van der Waals surface area contributed by atoms with E-state index in [4.69, 9.17) is 40.5 Å². The zero-order chi connectivity index (χ0) is 15.3. The van der Waals surface area contributed by atoms with Gasteiger partial charge < -0.3 is 5.73 Å². The molecular weight excluding hydrogens is 343 g/mol. The van der Waals surface area contributed by atoms with Gasteiger partial charge in [0.25, 0.3) is 0 Å². The minimum absolute atomic E-state index is 0.0290. The molecule has 0 saturated heterocycles. The van der Waals surface area contributed by atoms with Crippen molar-refractivity contribution in [1.82, 2.24) is 9.55 Å². The predicted molar refractivity (Wildman–Crippen MR) is 80.4 cm³/mol. The van der Waals surface area contributed by atoms with Crippen LogP contribution >= 0.6 is 34.8 Å². The van der Waals surface area contributed by atoms with Crippen LogP contribution in [-0.4, -0.2) is 9.55 Å². The highest BCUT2D eigenvalue weighted by Gasteiger charge is 2.18. The third-order valence-electron chi connectivity index (χ3n) is 2.93. The molecule has 0 aliphatic heterocycles.